The molecule has 2 amide bonds. The fourth-order valence-corrected chi connectivity index (χ4v) is 14.8. The summed E-state index contributed by atoms with van der Waals surface area (Å²) >= 11 is 0. The molecule has 0 radical (unpaired) electrons. The molecule has 44 heavy (non-hydrogen) atoms. The van der Waals surface area contributed by atoms with E-state index in [4.69, 9.17) is 9.41 Å². The van der Waals surface area contributed by atoms with E-state index in [2.05, 4.69) is 92.5 Å². The third-order valence-corrected chi connectivity index (χ3v) is 22.0. The lowest BCUT2D eigenvalue weighted by atomic mass is 9.94. The summed E-state index contributed by atoms with van der Waals surface area (Å²) in [5, 5.41) is 4.06. The van der Waals surface area contributed by atoms with Crippen molar-refractivity contribution < 1.29 is 14.0 Å². The van der Waals surface area contributed by atoms with E-state index in [0.29, 0.717) is 33.3 Å². The van der Waals surface area contributed by atoms with Gasteiger partial charge in [-0.1, -0.05) is 99.7 Å². The second-order valence-electron chi connectivity index (χ2n) is 15.1. The highest BCUT2D eigenvalue weighted by Crippen LogP contribution is 2.49. The average molecular weight is 624 g/mol. The number of amides is 2. The van der Waals surface area contributed by atoms with E-state index in [0.717, 1.165) is 43.7 Å². The van der Waals surface area contributed by atoms with Gasteiger partial charge >= 0.3 is 0 Å². The Balaban J connectivity index is 1.72. The average Bonchev–Trinajstić information content (AvgIpc) is 3.44. The summed E-state index contributed by atoms with van der Waals surface area (Å²) in [6.07, 6.45) is 1.87. The van der Waals surface area contributed by atoms with Crippen LogP contribution >= 0.6 is 0 Å². The third-order valence-electron chi connectivity index (χ3n) is 10.8. The summed E-state index contributed by atoms with van der Waals surface area (Å²) in [5.41, 5.74) is 4.63. The van der Waals surface area contributed by atoms with Crippen molar-refractivity contribution in [2.24, 2.45) is 0 Å². The van der Waals surface area contributed by atoms with E-state index in [1.54, 1.807) is 4.57 Å². The maximum Gasteiger partial charge on any atom is 0.258 e. The van der Waals surface area contributed by atoms with Crippen molar-refractivity contribution in [3.8, 4) is 5.75 Å². The highest BCUT2D eigenvalue weighted by molar-refractivity contribution is 6.83. The Labute approximate surface area is 262 Å². The van der Waals surface area contributed by atoms with Gasteiger partial charge in [-0.2, -0.15) is 0 Å². The predicted octanol–water partition coefficient (Wildman–Crippen LogP) is 10.2. The smallest absolute Gasteiger partial charge is 0.258 e. The van der Waals surface area contributed by atoms with Gasteiger partial charge < -0.3 is 14.0 Å². The fourth-order valence-electron chi connectivity index (χ4n) is 7.67. The number of carbonyl (C=O) groups is 2. The van der Waals surface area contributed by atoms with Crippen molar-refractivity contribution in [3.63, 3.8) is 0 Å². The van der Waals surface area contributed by atoms with Gasteiger partial charge in [0, 0.05) is 33.3 Å². The minimum absolute atomic E-state index is 0.195. The third kappa shape index (κ3) is 4.06. The van der Waals surface area contributed by atoms with Crippen molar-refractivity contribution >= 4 is 71.8 Å². The standard InChI is InChI=1S/C36H45N3O3Si2/c1-20(2)44(21(3)4,22(5)6)42-24-16-17-27-26(18-24)29-31-30(34(40)39(35(31)41)43(10,11)36(7,8)9)28-25-15-13-12-14-23(25)19-37-32(28)33(29)38-27/h12-22,38H,1-11H3. The maximum atomic E-state index is 14.7. The number of pyridine rings is 1. The van der Waals surface area contributed by atoms with Crippen molar-refractivity contribution in [2.75, 3.05) is 0 Å². The van der Waals surface area contributed by atoms with Gasteiger partial charge in [0.1, 0.15) is 5.75 Å². The van der Waals surface area contributed by atoms with Crippen LogP contribution in [0.4, 0.5) is 0 Å². The number of rotatable bonds is 6. The molecule has 0 spiro atoms. The molecular formula is C36H45N3O3Si2. The summed E-state index contributed by atoms with van der Waals surface area (Å²) in [7, 11) is -4.81. The minimum atomic E-state index is -2.58. The fraction of sp³-hybridized carbons (Fsp3) is 0.417. The van der Waals surface area contributed by atoms with E-state index < -0.39 is 16.6 Å². The topological polar surface area (TPSA) is 75.3 Å². The van der Waals surface area contributed by atoms with E-state index in [1.807, 2.05) is 36.5 Å². The zero-order valence-corrected chi connectivity index (χ0v) is 30.0. The Kier molecular flexibility index (Phi) is 6.94. The van der Waals surface area contributed by atoms with Gasteiger partial charge in [-0.3, -0.25) is 14.6 Å². The number of aromatic amines is 1. The number of H-pyrrole nitrogens is 1. The number of carbonyl (C=O) groups excluding carboxylic acids is 2. The Morgan fingerprint density at radius 3 is 2.00 bits per heavy atom. The van der Waals surface area contributed by atoms with E-state index in [1.165, 1.54) is 0 Å². The number of aromatic nitrogens is 2. The molecule has 230 valence electrons. The number of hydrogen-bond donors (Lipinski definition) is 1. The van der Waals surface area contributed by atoms with Crippen LogP contribution in [0.2, 0.25) is 34.8 Å². The van der Waals surface area contributed by atoms with Crippen molar-refractivity contribution in [3.05, 3.63) is 59.8 Å². The van der Waals surface area contributed by atoms with Gasteiger partial charge in [-0.15, -0.1) is 0 Å². The highest BCUT2D eigenvalue weighted by atomic mass is 28.4. The summed E-state index contributed by atoms with van der Waals surface area (Å²) < 4.78 is 8.73. The first-order valence-corrected chi connectivity index (χ1v) is 21.0. The predicted molar refractivity (Wildman–Crippen MR) is 188 cm³/mol. The molecule has 5 aromatic rings. The van der Waals surface area contributed by atoms with Crippen molar-refractivity contribution in [1.29, 1.82) is 0 Å². The molecule has 0 bridgehead atoms. The Morgan fingerprint density at radius 1 is 0.818 bits per heavy atom. The first kappa shape index (κ1) is 30.5. The molecule has 6 nitrogen and oxygen atoms in total. The molecule has 0 saturated heterocycles. The second-order valence-corrected chi connectivity index (χ2v) is 25.5. The van der Waals surface area contributed by atoms with Crippen LogP contribution in [0.5, 0.6) is 5.75 Å². The van der Waals surface area contributed by atoms with Crippen LogP contribution in [0, 0.1) is 0 Å². The Bertz CT molecular complexity index is 1980. The Morgan fingerprint density at radius 2 is 1.41 bits per heavy atom. The van der Waals surface area contributed by atoms with Gasteiger partial charge in [0.25, 0.3) is 20.1 Å². The van der Waals surface area contributed by atoms with Gasteiger partial charge in [0.2, 0.25) is 0 Å². The van der Waals surface area contributed by atoms with Crippen LogP contribution < -0.4 is 4.43 Å². The SMILES string of the molecule is CC(C)[Si](Oc1ccc2[nH]c3c4ncc5ccccc5c4c4c(c3c2c1)C(=O)N([Si](C)(C)C(C)(C)C)C4=O)(C(C)C)C(C)C. The zero-order valence-electron chi connectivity index (χ0n) is 28.0. The summed E-state index contributed by atoms with van der Waals surface area (Å²) in [5.74, 6) is 0.424. The first-order valence-electron chi connectivity index (χ1n) is 15.9. The number of hydrogen-bond acceptors (Lipinski definition) is 4. The highest BCUT2D eigenvalue weighted by Gasteiger charge is 2.53. The van der Waals surface area contributed by atoms with E-state index in [9.17, 15) is 9.59 Å². The molecule has 6 rings (SSSR count). The van der Waals surface area contributed by atoms with Crippen LogP contribution in [0.1, 0.15) is 83.0 Å². The van der Waals surface area contributed by atoms with Gasteiger partial charge in [0.05, 0.1) is 22.2 Å². The molecule has 3 aromatic carbocycles. The molecular weight excluding hydrogens is 579 g/mol. The van der Waals surface area contributed by atoms with Crippen LogP contribution in [0.15, 0.2) is 48.7 Å². The van der Waals surface area contributed by atoms with Gasteiger partial charge in [-0.05, 0) is 45.2 Å². The van der Waals surface area contributed by atoms with E-state index >= 15 is 0 Å². The van der Waals surface area contributed by atoms with Crippen LogP contribution in [-0.4, -0.2) is 42.9 Å². The summed E-state index contributed by atoms with van der Waals surface area (Å²) in [6.45, 7) is 24.4. The molecule has 1 N–H and O–H groups in total. The molecule has 1 aliphatic rings. The van der Waals surface area contributed by atoms with Gasteiger partial charge in [-0.25, -0.2) is 0 Å². The quantitative estimate of drug-likeness (QED) is 0.116. The molecule has 0 saturated carbocycles. The van der Waals surface area contributed by atoms with Crippen molar-refractivity contribution in [1.82, 2.24) is 14.5 Å². The molecule has 0 fully saturated rings. The number of nitrogens with one attached hydrogen (secondary N) is 1. The summed E-state index contributed by atoms with van der Waals surface area (Å²) in [4.78, 5) is 37.9. The lowest BCUT2D eigenvalue weighted by Gasteiger charge is -2.42. The molecule has 0 unspecified atom stereocenters. The molecule has 0 atom stereocenters. The number of nitrogens with zero attached hydrogens (tertiary/aromatic N) is 2. The normalized spacial score (nSPS) is 14.9. The zero-order chi connectivity index (χ0) is 32.1. The van der Waals surface area contributed by atoms with Crippen LogP contribution in [0.3, 0.4) is 0 Å². The largest absolute Gasteiger partial charge is 0.543 e. The molecule has 2 aromatic heterocycles. The second kappa shape index (κ2) is 10.0. The van der Waals surface area contributed by atoms with Crippen LogP contribution in [-0.2, 0) is 0 Å². The Hall–Kier alpha value is -3.50. The number of imide groups is 1. The monoisotopic (exact) mass is 623 g/mol. The van der Waals surface area contributed by atoms with Crippen molar-refractivity contribution in [2.45, 2.75) is 97.1 Å². The van der Waals surface area contributed by atoms with Crippen LogP contribution in [0.25, 0.3) is 43.5 Å². The number of fused-ring (bicyclic) bond motifs is 10. The molecule has 0 aliphatic carbocycles. The summed E-state index contributed by atoms with van der Waals surface area (Å²) in [6, 6.07) is 14.2. The molecule has 1 aliphatic heterocycles. The maximum absolute atomic E-state index is 14.7. The van der Waals surface area contributed by atoms with Gasteiger partial charge in [0.15, 0.2) is 8.24 Å². The van der Waals surface area contributed by atoms with E-state index in [-0.39, 0.29) is 16.9 Å². The molecule has 3 heterocycles. The molecule has 8 heteroatoms. The number of benzene rings is 3. The minimum Gasteiger partial charge on any atom is -0.543 e. The lowest BCUT2D eigenvalue weighted by Crippen LogP contribution is -2.57. The lowest BCUT2D eigenvalue weighted by molar-refractivity contribution is 0.0747. The first-order chi connectivity index (χ1) is 20.5.